The van der Waals surface area contributed by atoms with Gasteiger partial charge in [0.05, 0.1) is 18.9 Å². The van der Waals surface area contributed by atoms with E-state index in [4.69, 9.17) is 4.74 Å². The zero-order valence-electron chi connectivity index (χ0n) is 18.6. The van der Waals surface area contributed by atoms with Crippen LogP contribution in [0.4, 0.5) is 0 Å². The quantitative estimate of drug-likeness (QED) is 0.364. The minimum absolute atomic E-state index is 0.0781. The second kappa shape index (κ2) is 10.8. The van der Waals surface area contributed by atoms with Crippen molar-refractivity contribution in [1.82, 2.24) is 20.1 Å². The predicted molar refractivity (Wildman–Crippen MR) is 131 cm³/mol. The number of thioether (sulfide) groups is 1. The Labute approximate surface area is 198 Å². The number of benzene rings is 3. The highest BCUT2D eigenvalue weighted by molar-refractivity contribution is 7.99. The standard InChI is InChI=1S/C26H26N4O2S/c1-19(22-15-9-10-16-23(22)32-2)27-25(31)18-33-26-29-28-24(17-20-11-5-3-6-12-20)30(26)21-13-7-4-8-14-21/h3-16,19H,17-18H2,1-2H3,(H,27,31). The third kappa shape index (κ3) is 5.62. The second-order valence-corrected chi connectivity index (χ2v) is 8.49. The second-order valence-electron chi connectivity index (χ2n) is 7.55. The van der Waals surface area contributed by atoms with Crippen molar-refractivity contribution in [3.63, 3.8) is 0 Å². The molecule has 1 unspecified atom stereocenters. The predicted octanol–water partition coefficient (Wildman–Crippen LogP) is 4.84. The first-order valence-corrected chi connectivity index (χ1v) is 11.7. The lowest BCUT2D eigenvalue weighted by Gasteiger charge is -2.17. The van der Waals surface area contributed by atoms with Gasteiger partial charge in [-0.2, -0.15) is 0 Å². The van der Waals surface area contributed by atoms with E-state index in [1.165, 1.54) is 11.8 Å². The summed E-state index contributed by atoms with van der Waals surface area (Å²) in [5, 5.41) is 12.6. The molecule has 1 amide bonds. The Bertz CT molecular complexity index is 1200. The summed E-state index contributed by atoms with van der Waals surface area (Å²) in [5.41, 5.74) is 3.07. The molecule has 33 heavy (non-hydrogen) atoms. The molecule has 6 nitrogen and oxygen atoms in total. The highest BCUT2D eigenvalue weighted by atomic mass is 32.2. The zero-order chi connectivity index (χ0) is 23.0. The molecule has 0 bridgehead atoms. The van der Waals surface area contributed by atoms with Gasteiger partial charge >= 0.3 is 0 Å². The molecule has 0 radical (unpaired) electrons. The SMILES string of the molecule is COc1ccccc1C(C)NC(=O)CSc1nnc(Cc2ccccc2)n1-c1ccccc1. The van der Waals surface area contributed by atoms with Crippen molar-refractivity contribution in [2.75, 3.05) is 12.9 Å². The molecule has 3 aromatic carbocycles. The Morgan fingerprint density at radius 2 is 1.64 bits per heavy atom. The number of aromatic nitrogens is 3. The van der Waals surface area contributed by atoms with Gasteiger partial charge in [-0.3, -0.25) is 9.36 Å². The van der Waals surface area contributed by atoms with Crippen molar-refractivity contribution in [3.8, 4) is 11.4 Å². The van der Waals surface area contributed by atoms with E-state index >= 15 is 0 Å². The molecule has 1 N–H and O–H groups in total. The molecule has 0 aliphatic heterocycles. The molecular formula is C26H26N4O2S. The zero-order valence-corrected chi connectivity index (χ0v) is 19.5. The average molecular weight is 459 g/mol. The Balaban J connectivity index is 1.49. The van der Waals surface area contributed by atoms with Gasteiger partial charge in [0.25, 0.3) is 0 Å². The molecule has 0 fully saturated rings. The van der Waals surface area contributed by atoms with Crippen molar-refractivity contribution in [1.29, 1.82) is 0 Å². The molecule has 0 aliphatic carbocycles. The molecule has 1 heterocycles. The maximum atomic E-state index is 12.7. The minimum Gasteiger partial charge on any atom is -0.496 e. The fourth-order valence-corrected chi connectivity index (χ4v) is 4.42. The number of para-hydroxylation sites is 2. The highest BCUT2D eigenvalue weighted by Crippen LogP contribution is 2.26. The van der Waals surface area contributed by atoms with Crippen molar-refractivity contribution >= 4 is 17.7 Å². The lowest BCUT2D eigenvalue weighted by atomic mass is 10.1. The van der Waals surface area contributed by atoms with Gasteiger partial charge in [0.2, 0.25) is 5.91 Å². The summed E-state index contributed by atoms with van der Waals surface area (Å²) >= 11 is 1.37. The van der Waals surface area contributed by atoms with E-state index in [0.29, 0.717) is 11.6 Å². The van der Waals surface area contributed by atoms with Crippen LogP contribution >= 0.6 is 11.8 Å². The summed E-state index contributed by atoms with van der Waals surface area (Å²) in [5.74, 6) is 1.74. The van der Waals surface area contributed by atoms with Gasteiger partial charge in [0.1, 0.15) is 11.6 Å². The smallest absolute Gasteiger partial charge is 0.230 e. The van der Waals surface area contributed by atoms with E-state index in [1.807, 2.05) is 84.3 Å². The number of nitrogens with zero attached hydrogens (tertiary/aromatic N) is 3. The van der Waals surface area contributed by atoms with Crippen LogP contribution in [0.5, 0.6) is 5.75 Å². The number of carbonyl (C=O) groups excluding carboxylic acids is 1. The lowest BCUT2D eigenvalue weighted by Crippen LogP contribution is -2.28. The van der Waals surface area contributed by atoms with Gasteiger partial charge in [-0.1, -0.05) is 78.5 Å². The number of hydrogen-bond donors (Lipinski definition) is 1. The number of methoxy groups -OCH3 is 1. The van der Waals surface area contributed by atoms with Crippen molar-refractivity contribution < 1.29 is 9.53 Å². The summed E-state index contributed by atoms with van der Waals surface area (Å²) < 4.78 is 7.44. The fraction of sp³-hybridized carbons (Fsp3) is 0.192. The van der Waals surface area contributed by atoms with Gasteiger partial charge in [-0.05, 0) is 30.7 Å². The average Bonchev–Trinajstić information content (AvgIpc) is 3.26. The first kappa shape index (κ1) is 22.6. The van der Waals surface area contributed by atoms with Crippen LogP contribution in [0.3, 0.4) is 0 Å². The molecule has 0 spiro atoms. The van der Waals surface area contributed by atoms with Gasteiger partial charge in [0.15, 0.2) is 5.16 Å². The lowest BCUT2D eigenvalue weighted by molar-refractivity contribution is -0.119. The van der Waals surface area contributed by atoms with Crippen molar-refractivity contribution in [3.05, 3.63) is 102 Å². The van der Waals surface area contributed by atoms with Gasteiger partial charge in [-0.25, -0.2) is 0 Å². The van der Waals surface area contributed by atoms with Gasteiger partial charge in [0, 0.05) is 17.7 Å². The van der Waals surface area contributed by atoms with E-state index in [0.717, 1.165) is 28.4 Å². The molecule has 0 saturated carbocycles. The number of nitrogens with one attached hydrogen (secondary N) is 1. The van der Waals surface area contributed by atoms with E-state index < -0.39 is 0 Å². The van der Waals surface area contributed by atoms with E-state index in [9.17, 15) is 4.79 Å². The van der Waals surface area contributed by atoms with Gasteiger partial charge in [-0.15, -0.1) is 10.2 Å². The molecule has 1 atom stereocenters. The summed E-state index contributed by atoms with van der Waals surface area (Å²) in [7, 11) is 1.63. The first-order chi connectivity index (χ1) is 16.2. The third-order valence-corrected chi connectivity index (χ3v) is 6.16. The minimum atomic E-state index is -0.171. The van der Waals surface area contributed by atoms with Crippen LogP contribution in [0, 0.1) is 0 Å². The van der Waals surface area contributed by atoms with Crippen molar-refractivity contribution in [2.24, 2.45) is 0 Å². The first-order valence-electron chi connectivity index (χ1n) is 10.7. The molecule has 168 valence electrons. The fourth-order valence-electron chi connectivity index (χ4n) is 3.64. The van der Waals surface area contributed by atoms with Crippen LogP contribution < -0.4 is 10.1 Å². The maximum Gasteiger partial charge on any atom is 0.230 e. The van der Waals surface area contributed by atoms with Gasteiger partial charge < -0.3 is 10.1 Å². The van der Waals surface area contributed by atoms with E-state index in [2.05, 4.69) is 27.6 Å². The van der Waals surface area contributed by atoms with Crippen LogP contribution in [0.1, 0.15) is 29.9 Å². The summed E-state index contributed by atoms with van der Waals surface area (Å²) in [6.45, 7) is 1.95. The molecule has 0 saturated heterocycles. The van der Waals surface area contributed by atoms with Crippen LogP contribution in [-0.2, 0) is 11.2 Å². The molecule has 1 aromatic heterocycles. The van der Waals surface area contributed by atoms with Crippen LogP contribution in [0.2, 0.25) is 0 Å². The molecule has 4 rings (SSSR count). The van der Waals surface area contributed by atoms with Crippen LogP contribution in [-0.4, -0.2) is 33.5 Å². The number of hydrogen-bond acceptors (Lipinski definition) is 5. The number of ether oxygens (including phenoxy) is 1. The Hall–Kier alpha value is -3.58. The Morgan fingerprint density at radius 3 is 2.36 bits per heavy atom. The third-order valence-electron chi connectivity index (χ3n) is 5.24. The Morgan fingerprint density at radius 1 is 0.970 bits per heavy atom. The maximum absolute atomic E-state index is 12.7. The van der Waals surface area contributed by atoms with Crippen molar-refractivity contribution in [2.45, 2.75) is 24.5 Å². The molecule has 0 aliphatic rings. The monoisotopic (exact) mass is 458 g/mol. The number of rotatable bonds is 9. The van der Waals surface area contributed by atoms with Crippen LogP contribution in [0.15, 0.2) is 90.1 Å². The summed E-state index contributed by atoms with van der Waals surface area (Å²) in [4.78, 5) is 12.7. The summed E-state index contributed by atoms with van der Waals surface area (Å²) in [6, 6.07) is 27.7. The van der Waals surface area contributed by atoms with E-state index in [1.54, 1.807) is 7.11 Å². The summed E-state index contributed by atoms with van der Waals surface area (Å²) in [6.07, 6.45) is 0.653. The van der Waals surface area contributed by atoms with E-state index in [-0.39, 0.29) is 17.7 Å². The molecular weight excluding hydrogens is 432 g/mol. The Kier molecular flexibility index (Phi) is 7.42. The molecule has 7 heteroatoms. The number of carbonyl (C=O) groups is 1. The molecule has 4 aromatic rings. The highest BCUT2D eigenvalue weighted by Gasteiger charge is 2.18. The topological polar surface area (TPSA) is 69.0 Å². The van der Waals surface area contributed by atoms with Crippen LogP contribution in [0.25, 0.3) is 5.69 Å². The largest absolute Gasteiger partial charge is 0.496 e. The normalized spacial score (nSPS) is 11.7. The number of amides is 1.